The smallest absolute Gasteiger partial charge is 0.236 e. The van der Waals surface area contributed by atoms with Gasteiger partial charge in [0, 0.05) is 13.1 Å². The maximum Gasteiger partial charge on any atom is 0.236 e. The third kappa shape index (κ3) is 2.38. The summed E-state index contributed by atoms with van der Waals surface area (Å²) in [6.07, 6.45) is 8.08. The lowest BCUT2D eigenvalue weighted by atomic mass is 9.77. The summed E-state index contributed by atoms with van der Waals surface area (Å²) in [5.41, 5.74) is 0.617. The standard InChI is InChI=1S/C12H20BrNO/c1-10(13)11(15)14-8-6-12(7-9-14)4-2-3-5-12/h10H,2-9H2,1H3. The number of carbonyl (C=O) groups excluding carboxylic acids is 1. The highest BCUT2D eigenvalue weighted by atomic mass is 79.9. The molecule has 2 fully saturated rings. The highest BCUT2D eigenvalue weighted by Gasteiger charge is 2.38. The fourth-order valence-corrected chi connectivity index (χ4v) is 3.37. The van der Waals surface area contributed by atoms with Gasteiger partial charge in [0.2, 0.25) is 5.91 Å². The normalized spacial score (nSPS) is 26.9. The number of nitrogens with zero attached hydrogens (tertiary/aromatic N) is 1. The Hall–Kier alpha value is -0.0500. The van der Waals surface area contributed by atoms with Crippen LogP contribution in [-0.2, 0) is 4.79 Å². The van der Waals surface area contributed by atoms with Crippen molar-refractivity contribution in [2.24, 2.45) is 5.41 Å². The first-order valence-electron chi connectivity index (χ1n) is 6.06. The number of amides is 1. The van der Waals surface area contributed by atoms with E-state index in [1.807, 2.05) is 11.8 Å². The van der Waals surface area contributed by atoms with E-state index in [1.54, 1.807) is 0 Å². The largest absolute Gasteiger partial charge is 0.342 e. The van der Waals surface area contributed by atoms with E-state index in [1.165, 1.54) is 38.5 Å². The van der Waals surface area contributed by atoms with E-state index < -0.39 is 0 Å². The number of carbonyl (C=O) groups is 1. The first kappa shape index (κ1) is 11.4. The zero-order chi connectivity index (χ0) is 10.9. The second-order valence-electron chi connectivity index (χ2n) is 5.15. The Morgan fingerprint density at radius 3 is 2.20 bits per heavy atom. The van der Waals surface area contributed by atoms with Gasteiger partial charge >= 0.3 is 0 Å². The van der Waals surface area contributed by atoms with E-state index in [-0.39, 0.29) is 10.7 Å². The average molecular weight is 274 g/mol. The Labute approximate surface area is 101 Å². The molecule has 0 aromatic carbocycles. The maximum atomic E-state index is 11.8. The maximum absolute atomic E-state index is 11.8. The topological polar surface area (TPSA) is 20.3 Å². The molecule has 0 aromatic rings. The number of hydrogen-bond donors (Lipinski definition) is 0. The lowest BCUT2D eigenvalue weighted by Gasteiger charge is -2.39. The Balaban J connectivity index is 1.89. The van der Waals surface area contributed by atoms with E-state index in [4.69, 9.17) is 0 Å². The molecule has 3 heteroatoms. The molecule has 0 N–H and O–H groups in total. The molecule has 2 rings (SSSR count). The van der Waals surface area contributed by atoms with Gasteiger partial charge in [0.15, 0.2) is 0 Å². The van der Waals surface area contributed by atoms with Crippen LogP contribution in [-0.4, -0.2) is 28.7 Å². The van der Waals surface area contributed by atoms with Gasteiger partial charge in [0.1, 0.15) is 0 Å². The van der Waals surface area contributed by atoms with Gasteiger partial charge in [-0.3, -0.25) is 4.79 Å². The molecule has 1 saturated carbocycles. The molecule has 1 unspecified atom stereocenters. The van der Waals surface area contributed by atoms with Crippen LogP contribution in [0.25, 0.3) is 0 Å². The van der Waals surface area contributed by atoms with Crippen molar-refractivity contribution in [1.29, 1.82) is 0 Å². The first-order chi connectivity index (χ1) is 7.13. The van der Waals surface area contributed by atoms with Gasteiger partial charge in [-0.05, 0) is 38.0 Å². The summed E-state index contributed by atoms with van der Waals surface area (Å²) >= 11 is 3.36. The summed E-state index contributed by atoms with van der Waals surface area (Å²) in [4.78, 5) is 13.8. The van der Waals surface area contributed by atoms with Crippen LogP contribution in [0.15, 0.2) is 0 Å². The molecule has 1 saturated heterocycles. The quantitative estimate of drug-likeness (QED) is 0.673. The van der Waals surface area contributed by atoms with Gasteiger partial charge in [-0.25, -0.2) is 0 Å². The molecule has 86 valence electrons. The number of hydrogen-bond acceptors (Lipinski definition) is 1. The van der Waals surface area contributed by atoms with Gasteiger partial charge in [0.05, 0.1) is 4.83 Å². The van der Waals surface area contributed by atoms with Crippen molar-refractivity contribution < 1.29 is 4.79 Å². The molecule has 2 aliphatic rings. The van der Waals surface area contributed by atoms with Crippen LogP contribution < -0.4 is 0 Å². The van der Waals surface area contributed by atoms with Crippen molar-refractivity contribution in [3.63, 3.8) is 0 Å². The van der Waals surface area contributed by atoms with Crippen LogP contribution in [0.5, 0.6) is 0 Å². The molecule has 1 amide bonds. The van der Waals surface area contributed by atoms with Crippen LogP contribution in [0.1, 0.15) is 45.4 Å². The number of alkyl halides is 1. The molecule has 1 heterocycles. The molecule has 2 nitrogen and oxygen atoms in total. The summed E-state index contributed by atoms with van der Waals surface area (Å²) in [7, 11) is 0. The Morgan fingerprint density at radius 1 is 1.20 bits per heavy atom. The predicted octanol–water partition coefficient (Wildman–Crippen LogP) is 2.95. The molecule has 0 radical (unpaired) electrons. The van der Waals surface area contributed by atoms with E-state index in [0.717, 1.165) is 13.1 Å². The minimum Gasteiger partial charge on any atom is -0.342 e. The van der Waals surface area contributed by atoms with Crippen LogP contribution >= 0.6 is 15.9 Å². The molecular weight excluding hydrogens is 254 g/mol. The van der Waals surface area contributed by atoms with Gasteiger partial charge in [-0.2, -0.15) is 0 Å². The summed E-state index contributed by atoms with van der Waals surface area (Å²) < 4.78 is 0. The minimum absolute atomic E-state index is 0.0184. The van der Waals surface area contributed by atoms with Gasteiger partial charge in [-0.15, -0.1) is 0 Å². The fraction of sp³-hybridized carbons (Fsp3) is 0.917. The van der Waals surface area contributed by atoms with Gasteiger partial charge in [-0.1, -0.05) is 28.8 Å². The number of halogens is 1. The van der Waals surface area contributed by atoms with Crippen molar-refractivity contribution in [3.8, 4) is 0 Å². The average Bonchev–Trinajstić information content (AvgIpc) is 2.67. The summed E-state index contributed by atoms with van der Waals surface area (Å²) in [6.45, 7) is 3.88. The Morgan fingerprint density at radius 2 is 1.73 bits per heavy atom. The first-order valence-corrected chi connectivity index (χ1v) is 6.97. The monoisotopic (exact) mass is 273 g/mol. The predicted molar refractivity (Wildman–Crippen MR) is 65.1 cm³/mol. The zero-order valence-electron chi connectivity index (χ0n) is 9.47. The second-order valence-corrected chi connectivity index (χ2v) is 6.52. The number of likely N-dealkylation sites (tertiary alicyclic amines) is 1. The zero-order valence-corrected chi connectivity index (χ0v) is 11.1. The molecule has 0 aromatic heterocycles. The van der Waals surface area contributed by atoms with Crippen molar-refractivity contribution in [1.82, 2.24) is 4.90 Å². The van der Waals surface area contributed by atoms with E-state index >= 15 is 0 Å². The van der Waals surface area contributed by atoms with Crippen molar-refractivity contribution in [2.75, 3.05) is 13.1 Å². The Bertz CT molecular complexity index is 236. The number of piperidine rings is 1. The summed E-state index contributed by atoms with van der Waals surface area (Å²) in [6, 6.07) is 0. The van der Waals surface area contributed by atoms with Crippen LogP contribution in [0.4, 0.5) is 0 Å². The molecule has 1 spiro atoms. The summed E-state index contributed by atoms with van der Waals surface area (Å²) in [5.74, 6) is 0.267. The molecular formula is C12H20BrNO. The molecule has 1 atom stereocenters. The lowest BCUT2D eigenvalue weighted by Crippen LogP contribution is -2.44. The minimum atomic E-state index is -0.0184. The third-order valence-electron chi connectivity index (χ3n) is 4.14. The lowest BCUT2D eigenvalue weighted by molar-refractivity contribution is -0.132. The highest BCUT2D eigenvalue weighted by molar-refractivity contribution is 9.10. The van der Waals surface area contributed by atoms with Crippen LogP contribution in [0.3, 0.4) is 0 Å². The van der Waals surface area contributed by atoms with Crippen LogP contribution in [0.2, 0.25) is 0 Å². The Kier molecular flexibility index (Phi) is 3.39. The van der Waals surface area contributed by atoms with E-state index in [0.29, 0.717) is 5.41 Å². The van der Waals surface area contributed by atoms with Crippen LogP contribution in [0, 0.1) is 5.41 Å². The van der Waals surface area contributed by atoms with Gasteiger partial charge in [0.25, 0.3) is 0 Å². The summed E-state index contributed by atoms with van der Waals surface area (Å²) in [5, 5.41) is 0. The highest BCUT2D eigenvalue weighted by Crippen LogP contribution is 2.46. The van der Waals surface area contributed by atoms with E-state index in [9.17, 15) is 4.79 Å². The molecule has 1 aliphatic carbocycles. The molecule has 1 aliphatic heterocycles. The molecule has 0 bridgehead atoms. The molecule has 15 heavy (non-hydrogen) atoms. The van der Waals surface area contributed by atoms with Crippen molar-refractivity contribution >= 4 is 21.8 Å². The third-order valence-corrected chi connectivity index (χ3v) is 4.53. The van der Waals surface area contributed by atoms with Gasteiger partial charge < -0.3 is 4.90 Å². The fourth-order valence-electron chi connectivity index (χ4n) is 3.08. The van der Waals surface area contributed by atoms with E-state index in [2.05, 4.69) is 15.9 Å². The van der Waals surface area contributed by atoms with Crippen molar-refractivity contribution in [2.45, 2.75) is 50.3 Å². The van der Waals surface area contributed by atoms with Crippen molar-refractivity contribution in [3.05, 3.63) is 0 Å². The number of rotatable bonds is 1. The second kappa shape index (κ2) is 4.44. The SMILES string of the molecule is CC(Br)C(=O)N1CCC2(CCCC2)CC1.